The van der Waals surface area contributed by atoms with Gasteiger partial charge in [-0.15, -0.1) is 0 Å². The molecule has 1 fully saturated rings. The Bertz CT molecular complexity index is 382. The smallest absolute Gasteiger partial charge is 0.240 e. The summed E-state index contributed by atoms with van der Waals surface area (Å²) in [5.74, 6) is -0.00801. The van der Waals surface area contributed by atoms with E-state index in [0.717, 1.165) is 31.2 Å². The van der Waals surface area contributed by atoms with Gasteiger partial charge in [0.25, 0.3) is 0 Å². The molecule has 1 saturated carbocycles. The van der Waals surface area contributed by atoms with Crippen molar-refractivity contribution < 1.29 is 4.79 Å². The summed E-state index contributed by atoms with van der Waals surface area (Å²) in [6.07, 6.45) is 3.73. The minimum atomic E-state index is -0.636. The first-order valence-electron chi connectivity index (χ1n) is 6.27. The summed E-state index contributed by atoms with van der Waals surface area (Å²) >= 11 is 0. The van der Waals surface area contributed by atoms with Crippen molar-refractivity contribution in [3.8, 4) is 0 Å². The highest BCUT2D eigenvalue weighted by Crippen LogP contribution is 2.28. The maximum absolute atomic E-state index is 12.1. The predicted octanol–water partition coefficient (Wildman–Crippen LogP) is 2.14. The number of nitrogens with two attached hydrogens (primary N) is 1. The molecule has 0 spiro atoms. The van der Waals surface area contributed by atoms with Crippen molar-refractivity contribution in [2.75, 3.05) is 0 Å². The van der Waals surface area contributed by atoms with Gasteiger partial charge in [-0.2, -0.15) is 0 Å². The first kappa shape index (κ1) is 12.1. The van der Waals surface area contributed by atoms with Crippen LogP contribution < -0.4 is 11.1 Å². The summed E-state index contributed by atoms with van der Waals surface area (Å²) in [5, 5.41) is 3.01. The second-order valence-corrected chi connectivity index (χ2v) is 4.97. The predicted molar refractivity (Wildman–Crippen MR) is 68.4 cm³/mol. The number of hydrogen-bond donors (Lipinski definition) is 2. The zero-order chi connectivity index (χ0) is 12.3. The first-order chi connectivity index (χ1) is 8.12. The van der Waals surface area contributed by atoms with Crippen LogP contribution in [0, 0.1) is 0 Å². The Labute approximate surface area is 102 Å². The molecule has 3 N–H and O–H groups in total. The quantitative estimate of drug-likeness (QED) is 0.839. The van der Waals surface area contributed by atoms with Crippen LogP contribution in [0.25, 0.3) is 0 Å². The molecule has 1 aliphatic carbocycles. The van der Waals surface area contributed by atoms with Crippen LogP contribution in [0.2, 0.25) is 0 Å². The largest absolute Gasteiger partial charge is 0.348 e. The van der Waals surface area contributed by atoms with E-state index in [2.05, 4.69) is 5.32 Å². The summed E-state index contributed by atoms with van der Waals surface area (Å²) in [6, 6.07) is 9.98. The number of rotatable bonds is 3. The van der Waals surface area contributed by atoms with Crippen LogP contribution in [0.1, 0.15) is 44.2 Å². The third-order valence-electron chi connectivity index (χ3n) is 3.60. The molecule has 1 aromatic carbocycles. The standard InChI is InChI=1S/C14H20N2O/c1-11(12-7-3-2-4-8-12)16-13(17)14(15)9-5-6-10-14/h2-4,7-8,11H,5-6,9-10,15H2,1H3,(H,16,17)/t11-/m1/s1. The lowest BCUT2D eigenvalue weighted by Crippen LogP contribution is -2.52. The molecule has 1 amide bonds. The van der Waals surface area contributed by atoms with E-state index in [1.54, 1.807) is 0 Å². The Hall–Kier alpha value is -1.35. The average molecular weight is 232 g/mol. The number of hydrogen-bond acceptors (Lipinski definition) is 2. The van der Waals surface area contributed by atoms with Crippen LogP contribution in [-0.4, -0.2) is 11.4 Å². The van der Waals surface area contributed by atoms with Crippen molar-refractivity contribution in [2.45, 2.75) is 44.2 Å². The van der Waals surface area contributed by atoms with E-state index < -0.39 is 5.54 Å². The highest BCUT2D eigenvalue weighted by molar-refractivity contribution is 5.86. The molecule has 17 heavy (non-hydrogen) atoms. The van der Waals surface area contributed by atoms with Crippen molar-refractivity contribution in [3.63, 3.8) is 0 Å². The number of amides is 1. The number of carbonyl (C=O) groups excluding carboxylic acids is 1. The Morgan fingerprint density at radius 1 is 1.29 bits per heavy atom. The zero-order valence-corrected chi connectivity index (χ0v) is 10.3. The molecule has 0 unspecified atom stereocenters. The normalized spacial score (nSPS) is 19.9. The van der Waals surface area contributed by atoms with E-state index in [-0.39, 0.29) is 11.9 Å². The van der Waals surface area contributed by atoms with Crippen LogP contribution >= 0.6 is 0 Å². The molecule has 3 heteroatoms. The van der Waals surface area contributed by atoms with E-state index >= 15 is 0 Å². The van der Waals surface area contributed by atoms with Gasteiger partial charge in [0.2, 0.25) is 5.91 Å². The van der Waals surface area contributed by atoms with Gasteiger partial charge in [0.05, 0.1) is 11.6 Å². The fourth-order valence-corrected chi connectivity index (χ4v) is 2.40. The molecule has 0 saturated heterocycles. The van der Waals surface area contributed by atoms with Crippen LogP contribution in [0.5, 0.6) is 0 Å². The van der Waals surface area contributed by atoms with Gasteiger partial charge in [0.1, 0.15) is 0 Å². The maximum atomic E-state index is 12.1. The van der Waals surface area contributed by atoms with Gasteiger partial charge in [0.15, 0.2) is 0 Å². The average Bonchev–Trinajstić information content (AvgIpc) is 2.78. The SMILES string of the molecule is C[C@@H](NC(=O)C1(N)CCCC1)c1ccccc1. The fourth-order valence-electron chi connectivity index (χ4n) is 2.40. The lowest BCUT2D eigenvalue weighted by molar-refractivity contribution is -0.126. The molecule has 0 heterocycles. The molecule has 2 rings (SSSR count). The lowest BCUT2D eigenvalue weighted by atomic mass is 9.97. The molecule has 0 bridgehead atoms. The van der Waals surface area contributed by atoms with Crippen molar-refractivity contribution >= 4 is 5.91 Å². The van der Waals surface area contributed by atoms with Gasteiger partial charge in [-0.1, -0.05) is 43.2 Å². The third kappa shape index (κ3) is 2.67. The Morgan fingerprint density at radius 2 is 1.88 bits per heavy atom. The molecule has 1 aliphatic rings. The van der Waals surface area contributed by atoms with Crippen LogP contribution in [-0.2, 0) is 4.79 Å². The molecule has 1 atom stereocenters. The van der Waals surface area contributed by atoms with Crippen molar-refractivity contribution in [2.24, 2.45) is 5.73 Å². The summed E-state index contributed by atoms with van der Waals surface area (Å²) in [6.45, 7) is 1.99. The van der Waals surface area contributed by atoms with Gasteiger partial charge in [-0.25, -0.2) is 0 Å². The van der Waals surface area contributed by atoms with E-state index in [9.17, 15) is 4.79 Å². The summed E-state index contributed by atoms with van der Waals surface area (Å²) < 4.78 is 0. The minimum Gasteiger partial charge on any atom is -0.348 e. The monoisotopic (exact) mass is 232 g/mol. The summed E-state index contributed by atoms with van der Waals surface area (Å²) in [4.78, 5) is 12.1. The molecular weight excluding hydrogens is 212 g/mol. The summed E-state index contributed by atoms with van der Waals surface area (Å²) in [5.41, 5.74) is 6.59. The van der Waals surface area contributed by atoms with Crippen LogP contribution in [0.4, 0.5) is 0 Å². The molecule has 92 valence electrons. The van der Waals surface area contributed by atoms with Crippen molar-refractivity contribution in [1.82, 2.24) is 5.32 Å². The zero-order valence-electron chi connectivity index (χ0n) is 10.3. The van der Waals surface area contributed by atoms with Crippen molar-refractivity contribution in [3.05, 3.63) is 35.9 Å². The van der Waals surface area contributed by atoms with Gasteiger partial charge >= 0.3 is 0 Å². The number of nitrogens with one attached hydrogen (secondary N) is 1. The molecular formula is C14H20N2O. The lowest BCUT2D eigenvalue weighted by Gasteiger charge is -2.25. The molecule has 0 radical (unpaired) electrons. The second-order valence-electron chi connectivity index (χ2n) is 4.97. The Morgan fingerprint density at radius 3 is 2.47 bits per heavy atom. The van der Waals surface area contributed by atoms with Crippen molar-refractivity contribution in [1.29, 1.82) is 0 Å². The minimum absolute atomic E-state index is 0.00801. The third-order valence-corrected chi connectivity index (χ3v) is 3.60. The Kier molecular flexibility index (Phi) is 3.48. The van der Waals surface area contributed by atoms with E-state index in [0.29, 0.717) is 0 Å². The highest BCUT2D eigenvalue weighted by Gasteiger charge is 2.37. The molecule has 3 nitrogen and oxygen atoms in total. The van der Waals surface area contributed by atoms with Crippen LogP contribution in [0.15, 0.2) is 30.3 Å². The molecule has 0 aliphatic heterocycles. The van der Waals surface area contributed by atoms with E-state index in [1.165, 1.54) is 0 Å². The van der Waals surface area contributed by atoms with Gasteiger partial charge in [-0.05, 0) is 25.3 Å². The molecule has 0 aromatic heterocycles. The second kappa shape index (κ2) is 4.88. The topological polar surface area (TPSA) is 55.1 Å². The summed E-state index contributed by atoms with van der Waals surface area (Å²) in [7, 11) is 0. The maximum Gasteiger partial charge on any atom is 0.240 e. The fraction of sp³-hybridized carbons (Fsp3) is 0.500. The number of carbonyl (C=O) groups is 1. The first-order valence-corrected chi connectivity index (χ1v) is 6.27. The van der Waals surface area contributed by atoms with E-state index in [1.807, 2.05) is 37.3 Å². The van der Waals surface area contributed by atoms with Gasteiger partial charge in [-0.3, -0.25) is 4.79 Å². The Balaban J connectivity index is 1.99. The molecule has 1 aromatic rings. The van der Waals surface area contributed by atoms with E-state index in [4.69, 9.17) is 5.73 Å². The van der Waals surface area contributed by atoms with Gasteiger partial charge < -0.3 is 11.1 Å². The van der Waals surface area contributed by atoms with Gasteiger partial charge in [0, 0.05) is 0 Å². The number of benzene rings is 1. The highest BCUT2D eigenvalue weighted by atomic mass is 16.2. The van der Waals surface area contributed by atoms with Crippen LogP contribution in [0.3, 0.4) is 0 Å².